The molecule has 2 atom stereocenters. The number of benzene rings is 1. The fourth-order valence-electron chi connectivity index (χ4n) is 3.04. The Labute approximate surface area is 129 Å². The van der Waals surface area contributed by atoms with Gasteiger partial charge in [0.15, 0.2) is 0 Å². The standard InChI is InChI=1S/C17H20N2O3/c1-12-6-5-9-19(15(12)11-20)17(21)16-10-14(18-22-16)13-7-3-2-4-8-13/h2-4,7-8,10,12,15,20H,5-6,9,11H2,1H3. The predicted molar refractivity (Wildman–Crippen MR) is 82.2 cm³/mol. The highest BCUT2D eigenvalue weighted by Gasteiger charge is 2.33. The molecule has 0 radical (unpaired) electrons. The summed E-state index contributed by atoms with van der Waals surface area (Å²) in [4.78, 5) is 14.4. The van der Waals surface area contributed by atoms with E-state index in [1.165, 1.54) is 0 Å². The van der Waals surface area contributed by atoms with Gasteiger partial charge in [0.2, 0.25) is 5.76 Å². The number of likely N-dealkylation sites (tertiary alicyclic amines) is 1. The highest BCUT2D eigenvalue weighted by atomic mass is 16.5. The molecule has 0 bridgehead atoms. The summed E-state index contributed by atoms with van der Waals surface area (Å²) < 4.78 is 5.24. The van der Waals surface area contributed by atoms with Crippen molar-refractivity contribution >= 4 is 5.91 Å². The lowest BCUT2D eigenvalue weighted by atomic mass is 9.91. The van der Waals surface area contributed by atoms with Gasteiger partial charge in [0.05, 0.1) is 12.6 Å². The molecule has 2 aromatic rings. The van der Waals surface area contributed by atoms with Crippen LogP contribution in [-0.4, -0.2) is 40.3 Å². The first-order chi connectivity index (χ1) is 10.7. The number of aromatic nitrogens is 1. The molecule has 1 aliphatic heterocycles. The first-order valence-electron chi connectivity index (χ1n) is 7.64. The Morgan fingerprint density at radius 1 is 1.41 bits per heavy atom. The normalized spacial score (nSPS) is 21.8. The summed E-state index contributed by atoms with van der Waals surface area (Å²) in [6, 6.07) is 11.1. The average molecular weight is 300 g/mol. The summed E-state index contributed by atoms with van der Waals surface area (Å²) in [5.74, 6) is 0.325. The summed E-state index contributed by atoms with van der Waals surface area (Å²) in [7, 11) is 0. The summed E-state index contributed by atoms with van der Waals surface area (Å²) in [6.45, 7) is 2.69. The van der Waals surface area contributed by atoms with E-state index in [-0.39, 0.29) is 24.3 Å². The Morgan fingerprint density at radius 3 is 2.91 bits per heavy atom. The summed E-state index contributed by atoms with van der Waals surface area (Å²) in [6.07, 6.45) is 1.98. The minimum absolute atomic E-state index is 0.0212. The lowest BCUT2D eigenvalue weighted by Crippen LogP contribution is -2.49. The molecule has 1 aromatic heterocycles. The first-order valence-corrected chi connectivity index (χ1v) is 7.64. The van der Waals surface area contributed by atoms with Crippen LogP contribution in [0.4, 0.5) is 0 Å². The molecule has 5 heteroatoms. The first kappa shape index (κ1) is 14.8. The summed E-state index contributed by atoms with van der Waals surface area (Å²) in [5.41, 5.74) is 1.56. The van der Waals surface area contributed by atoms with Crippen molar-refractivity contribution in [1.29, 1.82) is 0 Å². The second-order valence-corrected chi connectivity index (χ2v) is 5.81. The molecule has 2 heterocycles. The van der Waals surface area contributed by atoms with Crippen molar-refractivity contribution < 1.29 is 14.4 Å². The van der Waals surface area contributed by atoms with Crippen LogP contribution in [0.2, 0.25) is 0 Å². The van der Waals surface area contributed by atoms with Crippen molar-refractivity contribution in [3.8, 4) is 11.3 Å². The lowest BCUT2D eigenvalue weighted by Gasteiger charge is -2.38. The molecular formula is C17H20N2O3. The van der Waals surface area contributed by atoms with Gasteiger partial charge in [-0.25, -0.2) is 0 Å². The molecule has 2 unspecified atom stereocenters. The van der Waals surface area contributed by atoms with Crippen molar-refractivity contribution in [3.05, 3.63) is 42.2 Å². The van der Waals surface area contributed by atoms with E-state index < -0.39 is 0 Å². The van der Waals surface area contributed by atoms with Crippen molar-refractivity contribution in [2.75, 3.05) is 13.2 Å². The Bertz CT molecular complexity index is 638. The molecular weight excluding hydrogens is 280 g/mol. The van der Waals surface area contributed by atoms with E-state index in [2.05, 4.69) is 12.1 Å². The smallest absolute Gasteiger partial charge is 0.292 e. The number of aliphatic hydroxyl groups excluding tert-OH is 1. The zero-order valence-corrected chi connectivity index (χ0v) is 12.6. The van der Waals surface area contributed by atoms with Crippen LogP contribution in [0.25, 0.3) is 11.3 Å². The van der Waals surface area contributed by atoms with Crippen LogP contribution in [-0.2, 0) is 0 Å². The zero-order valence-electron chi connectivity index (χ0n) is 12.6. The molecule has 1 amide bonds. The topological polar surface area (TPSA) is 66.6 Å². The number of nitrogens with zero attached hydrogens (tertiary/aromatic N) is 2. The van der Waals surface area contributed by atoms with Gasteiger partial charge in [0.25, 0.3) is 5.91 Å². The minimum atomic E-state index is -0.194. The average Bonchev–Trinajstić information content (AvgIpc) is 3.05. The highest BCUT2D eigenvalue weighted by Crippen LogP contribution is 2.26. The molecule has 0 aliphatic carbocycles. The van der Waals surface area contributed by atoms with Gasteiger partial charge in [0, 0.05) is 18.2 Å². The van der Waals surface area contributed by atoms with Gasteiger partial charge in [-0.15, -0.1) is 0 Å². The van der Waals surface area contributed by atoms with E-state index in [1.807, 2.05) is 30.3 Å². The van der Waals surface area contributed by atoms with E-state index in [0.29, 0.717) is 18.2 Å². The number of hydrogen-bond acceptors (Lipinski definition) is 4. The largest absolute Gasteiger partial charge is 0.394 e. The number of piperidine rings is 1. The van der Waals surface area contributed by atoms with Crippen LogP contribution in [0.3, 0.4) is 0 Å². The minimum Gasteiger partial charge on any atom is -0.394 e. The van der Waals surface area contributed by atoms with Crippen LogP contribution >= 0.6 is 0 Å². The Kier molecular flexibility index (Phi) is 4.24. The van der Waals surface area contributed by atoms with Gasteiger partial charge in [-0.3, -0.25) is 4.79 Å². The third kappa shape index (κ3) is 2.76. The van der Waals surface area contributed by atoms with Crippen LogP contribution in [0.15, 0.2) is 40.9 Å². The van der Waals surface area contributed by atoms with Crippen LogP contribution in [0.1, 0.15) is 30.3 Å². The predicted octanol–water partition coefficient (Wildman–Crippen LogP) is 2.57. The van der Waals surface area contributed by atoms with Gasteiger partial charge >= 0.3 is 0 Å². The number of hydrogen-bond donors (Lipinski definition) is 1. The number of aliphatic hydroxyl groups is 1. The molecule has 0 spiro atoms. The van der Waals surface area contributed by atoms with Gasteiger partial charge in [-0.1, -0.05) is 42.4 Å². The fourth-order valence-corrected chi connectivity index (χ4v) is 3.04. The molecule has 1 aliphatic rings. The molecule has 22 heavy (non-hydrogen) atoms. The molecule has 1 N–H and O–H groups in total. The molecule has 1 aromatic carbocycles. The Morgan fingerprint density at radius 2 is 2.18 bits per heavy atom. The van der Waals surface area contributed by atoms with E-state index >= 15 is 0 Å². The number of carbonyl (C=O) groups excluding carboxylic acids is 1. The Balaban J connectivity index is 1.82. The SMILES string of the molecule is CC1CCCN(C(=O)c2cc(-c3ccccc3)no2)C1CO. The third-order valence-corrected chi connectivity index (χ3v) is 4.35. The second kappa shape index (κ2) is 6.32. The van der Waals surface area contributed by atoms with Gasteiger partial charge < -0.3 is 14.5 Å². The van der Waals surface area contributed by atoms with Crippen LogP contribution in [0.5, 0.6) is 0 Å². The summed E-state index contributed by atoms with van der Waals surface area (Å²) in [5, 5.41) is 13.6. The maximum atomic E-state index is 12.6. The maximum absolute atomic E-state index is 12.6. The third-order valence-electron chi connectivity index (χ3n) is 4.35. The van der Waals surface area contributed by atoms with E-state index in [0.717, 1.165) is 18.4 Å². The number of amides is 1. The van der Waals surface area contributed by atoms with Crippen LogP contribution < -0.4 is 0 Å². The monoisotopic (exact) mass is 300 g/mol. The number of carbonyl (C=O) groups is 1. The van der Waals surface area contributed by atoms with Gasteiger partial charge in [-0.2, -0.15) is 0 Å². The lowest BCUT2D eigenvalue weighted by molar-refractivity contribution is 0.0324. The molecule has 1 saturated heterocycles. The maximum Gasteiger partial charge on any atom is 0.292 e. The van der Waals surface area contributed by atoms with Crippen LogP contribution in [0, 0.1) is 5.92 Å². The molecule has 5 nitrogen and oxygen atoms in total. The van der Waals surface area contributed by atoms with E-state index in [4.69, 9.17) is 4.52 Å². The molecule has 3 rings (SSSR count). The van der Waals surface area contributed by atoms with Gasteiger partial charge in [0.1, 0.15) is 5.69 Å². The van der Waals surface area contributed by atoms with Crippen molar-refractivity contribution in [1.82, 2.24) is 10.1 Å². The Hall–Kier alpha value is -2.14. The molecule has 1 fully saturated rings. The van der Waals surface area contributed by atoms with E-state index in [9.17, 15) is 9.90 Å². The second-order valence-electron chi connectivity index (χ2n) is 5.81. The quantitative estimate of drug-likeness (QED) is 0.946. The van der Waals surface area contributed by atoms with Gasteiger partial charge in [-0.05, 0) is 18.8 Å². The fraction of sp³-hybridized carbons (Fsp3) is 0.412. The van der Waals surface area contributed by atoms with Crippen molar-refractivity contribution in [3.63, 3.8) is 0 Å². The number of rotatable bonds is 3. The van der Waals surface area contributed by atoms with Crippen molar-refractivity contribution in [2.24, 2.45) is 5.92 Å². The summed E-state index contributed by atoms with van der Waals surface area (Å²) >= 11 is 0. The molecule has 0 saturated carbocycles. The highest BCUT2D eigenvalue weighted by molar-refractivity contribution is 5.92. The van der Waals surface area contributed by atoms with Crippen molar-refractivity contribution in [2.45, 2.75) is 25.8 Å². The molecule has 116 valence electrons. The zero-order chi connectivity index (χ0) is 15.5. The van der Waals surface area contributed by atoms with E-state index in [1.54, 1.807) is 11.0 Å².